The summed E-state index contributed by atoms with van der Waals surface area (Å²) in [6.45, 7) is 8.07. The number of benzene rings is 4. The van der Waals surface area contributed by atoms with Gasteiger partial charge in [-0.1, -0.05) is 98.1 Å². The Balaban J connectivity index is 2.25. The summed E-state index contributed by atoms with van der Waals surface area (Å²) in [5.74, 6) is 0. The Morgan fingerprint density at radius 1 is 0.500 bits per heavy atom. The van der Waals surface area contributed by atoms with Crippen LogP contribution in [0.3, 0.4) is 0 Å². The maximum absolute atomic E-state index is 4.03. The topological polar surface area (TPSA) is 0 Å². The molecule has 0 saturated carbocycles. The highest BCUT2D eigenvalue weighted by molar-refractivity contribution is 6.10. The highest BCUT2D eigenvalue weighted by Crippen LogP contribution is 2.39. The van der Waals surface area contributed by atoms with Crippen molar-refractivity contribution >= 4 is 33.7 Å². The van der Waals surface area contributed by atoms with Gasteiger partial charge in [-0.15, -0.1) is 0 Å². The average Bonchev–Trinajstić information content (AvgIpc) is 2.66. The van der Waals surface area contributed by atoms with Crippen LogP contribution in [0, 0.1) is 0 Å². The minimum Gasteiger partial charge on any atom is -0.0984 e. The SMILES string of the molecule is C=Cc1ccc2ccccc2c1-c1c(C=C)ccc2ccccc12. The lowest BCUT2D eigenvalue weighted by atomic mass is 9.87. The molecule has 0 radical (unpaired) electrons. The second-order valence-corrected chi connectivity index (χ2v) is 5.91. The zero-order chi connectivity index (χ0) is 16.5. The van der Waals surface area contributed by atoms with E-state index in [4.69, 9.17) is 0 Å². The van der Waals surface area contributed by atoms with E-state index >= 15 is 0 Å². The third-order valence-corrected chi connectivity index (χ3v) is 4.61. The number of hydrogen-bond donors (Lipinski definition) is 0. The Labute approximate surface area is 142 Å². The smallest absolute Gasteiger partial charge is 0.00208 e. The fourth-order valence-electron chi connectivity index (χ4n) is 3.48. The summed E-state index contributed by atoms with van der Waals surface area (Å²) < 4.78 is 0. The van der Waals surface area contributed by atoms with Crippen LogP contribution in [0.25, 0.3) is 44.8 Å². The second-order valence-electron chi connectivity index (χ2n) is 5.91. The average molecular weight is 306 g/mol. The minimum absolute atomic E-state index is 1.15. The van der Waals surface area contributed by atoms with Crippen molar-refractivity contribution < 1.29 is 0 Å². The van der Waals surface area contributed by atoms with Crippen LogP contribution in [-0.2, 0) is 0 Å². The predicted octanol–water partition coefficient (Wildman–Crippen LogP) is 6.95. The van der Waals surface area contributed by atoms with Crippen LogP contribution >= 0.6 is 0 Å². The molecular formula is C24H18. The van der Waals surface area contributed by atoms with Gasteiger partial charge in [0, 0.05) is 0 Å². The van der Waals surface area contributed by atoms with Gasteiger partial charge in [0.15, 0.2) is 0 Å². The van der Waals surface area contributed by atoms with Crippen LogP contribution in [0.2, 0.25) is 0 Å². The van der Waals surface area contributed by atoms with Crippen LogP contribution < -0.4 is 0 Å². The molecule has 0 atom stereocenters. The Bertz CT molecular complexity index is 994. The number of rotatable bonds is 3. The summed E-state index contributed by atoms with van der Waals surface area (Å²) in [6, 6.07) is 25.7. The van der Waals surface area contributed by atoms with E-state index in [2.05, 4.69) is 86.0 Å². The highest BCUT2D eigenvalue weighted by atomic mass is 14.2. The molecule has 114 valence electrons. The standard InChI is InChI=1S/C24H18/c1-3-17-13-15-19-9-5-7-11-21(19)23(17)24-18(4-2)14-16-20-10-6-8-12-22(20)24/h3-16H,1-2H2. The molecule has 0 N–H and O–H groups in total. The predicted molar refractivity (Wildman–Crippen MR) is 107 cm³/mol. The summed E-state index contributed by atoms with van der Waals surface area (Å²) in [5.41, 5.74) is 4.76. The van der Waals surface area contributed by atoms with E-state index in [1.165, 1.54) is 32.7 Å². The van der Waals surface area contributed by atoms with E-state index < -0.39 is 0 Å². The Kier molecular flexibility index (Phi) is 3.51. The summed E-state index contributed by atoms with van der Waals surface area (Å²) in [4.78, 5) is 0. The molecule has 0 fully saturated rings. The van der Waals surface area contributed by atoms with Crippen molar-refractivity contribution in [2.75, 3.05) is 0 Å². The molecule has 0 aliphatic rings. The van der Waals surface area contributed by atoms with E-state index in [0.717, 1.165) is 11.1 Å². The van der Waals surface area contributed by atoms with Gasteiger partial charge in [0.2, 0.25) is 0 Å². The second kappa shape index (κ2) is 5.82. The molecule has 24 heavy (non-hydrogen) atoms. The maximum Gasteiger partial charge on any atom is -0.00208 e. The fourth-order valence-corrected chi connectivity index (χ4v) is 3.48. The Morgan fingerprint density at radius 3 is 1.33 bits per heavy atom. The van der Waals surface area contributed by atoms with Crippen molar-refractivity contribution in [2.45, 2.75) is 0 Å². The number of hydrogen-bond acceptors (Lipinski definition) is 0. The monoisotopic (exact) mass is 306 g/mol. The normalized spacial score (nSPS) is 10.8. The van der Waals surface area contributed by atoms with Crippen LogP contribution in [0.15, 0.2) is 86.0 Å². The molecule has 0 nitrogen and oxygen atoms in total. The van der Waals surface area contributed by atoms with Gasteiger partial charge in [-0.25, -0.2) is 0 Å². The quantitative estimate of drug-likeness (QED) is 0.384. The van der Waals surface area contributed by atoms with Gasteiger partial charge < -0.3 is 0 Å². The third kappa shape index (κ3) is 2.16. The van der Waals surface area contributed by atoms with E-state index in [1.807, 2.05) is 12.2 Å². The molecule has 0 unspecified atom stereocenters. The van der Waals surface area contributed by atoms with Crippen molar-refractivity contribution in [1.29, 1.82) is 0 Å². The molecule has 0 aliphatic carbocycles. The van der Waals surface area contributed by atoms with Crippen molar-refractivity contribution in [3.05, 3.63) is 97.1 Å². The first-order valence-electron chi connectivity index (χ1n) is 8.12. The van der Waals surface area contributed by atoms with Gasteiger partial charge in [0.1, 0.15) is 0 Å². The van der Waals surface area contributed by atoms with Crippen molar-refractivity contribution in [3.8, 4) is 11.1 Å². The van der Waals surface area contributed by atoms with E-state index in [-0.39, 0.29) is 0 Å². The largest absolute Gasteiger partial charge is 0.0984 e. The highest BCUT2D eigenvalue weighted by Gasteiger charge is 2.14. The molecule has 4 aromatic rings. The fraction of sp³-hybridized carbons (Fsp3) is 0. The Morgan fingerprint density at radius 2 is 0.917 bits per heavy atom. The molecule has 0 saturated heterocycles. The molecule has 0 spiro atoms. The first-order chi connectivity index (χ1) is 11.8. The molecule has 4 aromatic carbocycles. The van der Waals surface area contributed by atoms with Gasteiger partial charge >= 0.3 is 0 Å². The first-order valence-corrected chi connectivity index (χ1v) is 8.12. The lowest BCUT2D eigenvalue weighted by Gasteiger charge is -2.16. The lowest BCUT2D eigenvalue weighted by molar-refractivity contribution is 1.63. The van der Waals surface area contributed by atoms with Gasteiger partial charge in [0.25, 0.3) is 0 Å². The zero-order valence-corrected chi connectivity index (χ0v) is 13.5. The van der Waals surface area contributed by atoms with Gasteiger partial charge in [-0.05, 0) is 43.8 Å². The van der Waals surface area contributed by atoms with Gasteiger partial charge in [0.05, 0.1) is 0 Å². The van der Waals surface area contributed by atoms with Crippen LogP contribution in [-0.4, -0.2) is 0 Å². The molecule has 0 amide bonds. The van der Waals surface area contributed by atoms with E-state index in [9.17, 15) is 0 Å². The van der Waals surface area contributed by atoms with Crippen molar-refractivity contribution in [2.24, 2.45) is 0 Å². The Hall–Kier alpha value is -3.12. The van der Waals surface area contributed by atoms with Crippen LogP contribution in [0.1, 0.15) is 11.1 Å². The molecule has 0 heterocycles. The first kappa shape index (κ1) is 14.5. The van der Waals surface area contributed by atoms with Crippen LogP contribution in [0.5, 0.6) is 0 Å². The van der Waals surface area contributed by atoms with Gasteiger partial charge in [-0.2, -0.15) is 0 Å². The summed E-state index contributed by atoms with van der Waals surface area (Å²) in [5, 5.41) is 4.96. The number of fused-ring (bicyclic) bond motifs is 2. The van der Waals surface area contributed by atoms with Crippen molar-refractivity contribution in [3.63, 3.8) is 0 Å². The third-order valence-electron chi connectivity index (χ3n) is 4.61. The van der Waals surface area contributed by atoms with Crippen molar-refractivity contribution in [1.82, 2.24) is 0 Å². The summed E-state index contributed by atoms with van der Waals surface area (Å²) in [6.07, 6.45) is 3.88. The molecule has 0 aliphatic heterocycles. The molecule has 0 heteroatoms. The summed E-state index contributed by atoms with van der Waals surface area (Å²) in [7, 11) is 0. The lowest BCUT2D eigenvalue weighted by Crippen LogP contribution is -1.91. The molecule has 4 rings (SSSR count). The maximum atomic E-state index is 4.03. The van der Waals surface area contributed by atoms with E-state index in [0.29, 0.717) is 0 Å². The van der Waals surface area contributed by atoms with E-state index in [1.54, 1.807) is 0 Å². The molecule has 0 bridgehead atoms. The van der Waals surface area contributed by atoms with Gasteiger partial charge in [-0.3, -0.25) is 0 Å². The molecule has 0 aromatic heterocycles. The zero-order valence-electron chi connectivity index (χ0n) is 13.5. The summed E-state index contributed by atoms with van der Waals surface area (Å²) >= 11 is 0. The van der Waals surface area contributed by atoms with Crippen LogP contribution in [0.4, 0.5) is 0 Å². The molecular weight excluding hydrogens is 288 g/mol. The minimum atomic E-state index is 1.15.